The number of aromatic nitrogens is 4. The molecule has 1 heterocycles. The van der Waals surface area contributed by atoms with Crippen molar-refractivity contribution in [3.8, 4) is 11.4 Å². The first-order chi connectivity index (χ1) is 13.0. The van der Waals surface area contributed by atoms with E-state index in [4.69, 9.17) is 0 Å². The van der Waals surface area contributed by atoms with Gasteiger partial charge in [-0.1, -0.05) is 0 Å². The van der Waals surface area contributed by atoms with Crippen molar-refractivity contribution in [2.24, 2.45) is 0 Å². The summed E-state index contributed by atoms with van der Waals surface area (Å²) in [6.07, 6.45) is 1.48. The van der Waals surface area contributed by atoms with Crippen LogP contribution in [0.2, 0.25) is 0 Å². The van der Waals surface area contributed by atoms with E-state index in [1.165, 1.54) is 35.3 Å². The van der Waals surface area contributed by atoms with Gasteiger partial charge in [-0.15, -0.1) is 5.10 Å². The first-order valence-corrected chi connectivity index (χ1v) is 8.24. The van der Waals surface area contributed by atoms with Crippen LogP contribution in [0.1, 0.15) is 26.3 Å². The SMILES string of the molecule is Cc1cc(C(=O)NCCNC(=O)c2ccc(O)cc2)ccc1-n1cnnn1. The molecule has 2 aromatic carbocycles. The van der Waals surface area contributed by atoms with Crippen LogP contribution in [-0.4, -0.2) is 50.2 Å². The van der Waals surface area contributed by atoms with Crippen molar-refractivity contribution < 1.29 is 14.7 Å². The van der Waals surface area contributed by atoms with Crippen LogP contribution in [0, 0.1) is 6.92 Å². The number of aryl methyl sites for hydroxylation is 1. The van der Waals surface area contributed by atoms with Crippen molar-refractivity contribution in [2.45, 2.75) is 6.92 Å². The lowest BCUT2D eigenvalue weighted by Crippen LogP contribution is -2.34. The molecule has 138 valence electrons. The number of nitrogens with one attached hydrogen (secondary N) is 2. The first kappa shape index (κ1) is 18.1. The van der Waals surface area contributed by atoms with E-state index in [0.717, 1.165) is 11.3 Å². The van der Waals surface area contributed by atoms with E-state index in [-0.39, 0.29) is 30.7 Å². The molecule has 0 aliphatic rings. The Morgan fingerprint density at radius 2 is 1.63 bits per heavy atom. The van der Waals surface area contributed by atoms with E-state index in [1.807, 2.05) is 6.92 Å². The number of carbonyl (C=O) groups excluding carboxylic acids is 2. The van der Waals surface area contributed by atoms with Crippen molar-refractivity contribution >= 4 is 11.8 Å². The fourth-order valence-corrected chi connectivity index (χ4v) is 2.49. The maximum absolute atomic E-state index is 12.2. The zero-order chi connectivity index (χ0) is 19.2. The van der Waals surface area contributed by atoms with Crippen LogP contribution in [-0.2, 0) is 0 Å². The molecule has 3 rings (SSSR count). The number of hydrogen-bond acceptors (Lipinski definition) is 6. The van der Waals surface area contributed by atoms with Gasteiger partial charge in [0.2, 0.25) is 0 Å². The molecule has 0 saturated carbocycles. The molecule has 9 nitrogen and oxygen atoms in total. The molecule has 3 N–H and O–H groups in total. The summed E-state index contributed by atoms with van der Waals surface area (Å²) in [6, 6.07) is 11.1. The molecule has 0 spiro atoms. The van der Waals surface area contributed by atoms with Crippen LogP contribution in [0.3, 0.4) is 0 Å². The van der Waals surface area contributed by atoms with E-state index in [9.17, 15) is 14.7 Å². The first-order valence-electron chi connectivity index (χ1n) is 8.24. The lowest BCUT2D eigenvalue weighted by Gasteiger charge is -2.09. The average Bonchev–Trinajstić information content (AvgIpc) is 3.19. The third-order valence-electron chi connectivity index (χ3n) is 3.88. The largest absolute Gasteiger partial charge is 0.508 e. The van der Waals surface area contributed by atoms with Gasteiger partial charge in [0, 0.05) is 24.2 Å². The molecular weight excluding hydrogens is 348 g/mol. The molecule has 0 bridgehead atoms. The minimum atomic E-state index is -0.272. The Morgan fingerprint density at radius 1 is 1.00 bits per heavy atom. The Morgan fingerprint density at radius 3 is 2.22 bits per heavy atom. The third-order valence-corrected chi connectivity index (χ3v) is 3.88. The molecule has 9 heteroatoms. The van der Waals surface area contributed by atoms with Crippen molar-refractivity contribution in [3.63, 3.8) is 0 Å². The molecular formula is C18H18N6O3. The number of nitrogens with zero attached hydrogens (tertiary/aromatic N) is 4. The molecule has 0 saturated heterocycles. The molecule has 0 aliphatic heterocycles. The number of aromatic hydroxyl groups is 1. The van der Waals surface area contributed by atoms with E-state index >= 15 is 0 Å². The second kappa shape index (κ2) is 8.09. The van der Waals surface area contributed by atoms with Gasteiger partial charge in [0.1, 0.15) is 12.1 Å². The summed E-state index contributed by atoms with van der Waals surface area (Å²) in [5.41, 5.74) is 2.59. The van der Waals surface area contributed by atoms with Crippen molar-refractivity contribution in [2.75, 3.05) is 13.1 Å². The second-order valence-corrected chi connectivity index (χ2v) is 5.81. The number of rotatable bonds is 6. The fourth-order valence-electron chi connectivity index (χ4n) is 2.49. The average molecular weight is 366 g/mol. The molecule has 0 radical (unpaired) electrons. The van der Waals surface area contributed by atoms with Gasteiger partial charge in [-0.3, -0.25) is 9.59 Å². The third kappa shape index (κ3) is 4.46. The molecule has 1 aromatic heterocycles. The zero-order valence-electron chi connectivity index (χ0n) is 14.6. The highest BCUT2D eigenvalue weighted by Crippen LogP contribution is 2.14. The zero-order valence-corrected chi connectivity index (χ0v) is 14.6. The van der Waals surface area contributed by atoms with Crippen molar-refractivity contribution in [1.82, 2.24) is 30.8 Å². The second-order valence-electron chi connectivity index (χ2n) is 5.81. The summed E-state index contributed by atoms with van der Waals surface area (Å²) < 4.78 is 1.52. The highest BCUT2D eigenvalue weighted by atomic mass is 16.3. The quantitative estimate of drug-likeness (QED) is 0.556. The topological polar surface area (TPSA) is 122 Å². The highest BCUT2D eigenvalue weighted by molar-refractivity contribution is 5.95. The van der Waals surface area contributed by atoms with Gasteiger partial charge < -0.3 is 15.7 Å². The highest BCUT2D eigenvalue weighted by Gasteiger charge is 2.10. The number of hydrogen-bond donors (Lipinski definition) is 3. The predicted molar refractivity (Wildman–Crippen MR) is 96.7 cm³/mol. The van der Waals surface area contributed by atoms with Gasteiger partial charge >= 0.3 is 0 Å². The monoisotopic (exact) mass is 366 g/mol. The van der Waals surface area contributed by atoms with E-state index in [0.29, 0.717) is 11.1 Å². The van der Waals surface area contributed by atoms with Crippen LogP contribution in [0.25, 0.3) is 5.69 Å². The number of tetrazole rings is 1. The Labute approximate surface area is 155 Å². The van der Waals surface area contributed by atoms with Crippen LogP contribution < -0.4 is 10.6 Å². The Bertz CT molecular complexity index is 938. The van der Waals surface area contributed by atoms with Gasteiger partial charge in [0.25, 0.3) is 11.8 Å². The number of carbonyl (C=O) groups is 2. The molecule has 0 atom stereocenters. The number of phenolic OH excluding ortho intramolecular Hbond substituents is 1. The standard InChI is InChI=1S/C18H18N6O3/c1-12-10-14(4-7-16(12)24-11-21-22-23-24)18(27)20-9-8-19-17(26)13-2-5-15(25)6-3-13/h2-7,10-11,25H,8-9H2,1H3,(H,19,26)(H,20,27). The summed E-state index contributed by atoms with van der Waals surface area (Å²) in [5.74, 6) is -0.411. The van der Waals surface area contributed by atoms with Gasteiger partial charge in [-0.25, -0.2) is 4.68 Å². The maximum Gasteiger partial charge on any atom is 0.251 e. The predicted octanol–water partition coefficient (Wildman–Crippen LogP) is 0.836. The minimum absolute atomic E-state index is 0.0974. The van der Waals surface area contributed by atoms with E-state index < -0.39 is 0 Å². The molecule has 3 aromatic rings. The van der Waals surface area contributed by atoms with Gasteiger partial charge in [-0.05, 0) is 65.4 Å². The van der Waals surface area contributed by atoms with Crippen LogP contribution in [0.4, 0.5) is 0 Å². The Balaban J connectivity index is 1.50. The van der Waals surface area contributed by atoms with Crippen molar-refractivity contribution in [1.29, 1.82) is 0 Å². The summed E-state index contributed by atoms with van der Waals surface area (Å²) in [6.45, 7) is 2.44. The number of benzene rings is 2. The maximum atomic E-state index is 12.2. The van der Waals surface area contributed by atoms with E-state index in [1.54, 1.807) is 18.2 Å². The molecule has 2 amide bonds. The Kier molecular flexibility index (Phi) is 5.41. The normalized spacial score (nSPS) is 10.4. The number of amides is 2. The van der Waals surface area contributed by atoms with Crippen LogP contribution in [0.5, 0.6) is 5.75 Å². The van der Waals surface area contributed by atoms with E-state index in [2.05, 4.69) is 26.2 Å². The molecule has 0 aliphatic carbocycles. The summed E-state index contributed by atoms with van der Waals surface area (Å²) in [4.78, 5) is 24.2. The minimum Gasteiger partial charge on any atom is -0.508 e. The molecule has 0 unspecified atom stereocenters. The fraction of sp³-hybridized carbons (Fsp3) is 0.167. The van der Waals surface area contributed by atoms with Crippen molar-refractivity contribution in [3.05, 3.63) is 65.5 Å². The summed E-state index contributed by atoms with van der Waals surface area (Å²) in [7, 11) is 0. The molecule has 27 heavy (non-hydrogen) atoms. The smallest absolute Gasteiger partial charge is 0.251 e. The van der Waals surface area contributed by atoms with Crippen LogP contribution >= 0.6 is 0 Å². The lowest BCUT2D eigenvalue weighted by molar-refractivity contribution is 0.0927. The summed E-state index contributed by atoms with van der Waals surface area (Å²) >= 11 is 0. The lowest BCUT2D eigenvalue weighted by atomic mass is 10.1. The van der Waals surface area contributed by atoms with Gasteiger partial charge in [0.15, 0.2) is 0 Å². The Hall–Kier alpha value is -3.75. The number of phenols is 1. The summed E-state index contributed by atoms with van der Waals surface area (Å²) in [5, 5.41) is 25.7. The van der Waals surface area contributed by atoms with Gasteiger partial charge in [0.05, 0.1) is 5.69 Å². The van der Waals surface area contributed by atoms with Crippen LogP contribution in [0.15, 0.2) is 48.8 Å². The van der Waals surface area contributed by atoms with Gasteiger partial charge in [-0.2, -0.15) is 0 Å². The molecule has 0 fully saturated rings.